The van der Waals surface area contributed by atoms with Crippen LogP contribution in [0.2, 0.25) is 0 Å². The summed E-state index contributed by atoms with van der Waals surface area (Å²) in [5.74, 6) is 0.909. The molecule has 2 N–H and O–H groups in total. The second kappa shape index (κ2) is 9.15. The van der Waals surface area contributed by atoms with E-state index in [1.54, 1.807) is 28.3 Å². The molecule has 3 rings (SSSR count). The van der Waals surface area contributed by atoms with Crippen molar-refractivity contribution in [1.82, 2.24) is 20.0 Å². The van der Waals surface area contributed by atoms with E-state index in [0.29, 0.717) is 5.82 Å². The van der Waals surface area contributed by atoms with E-state index in [2.05, 4.69) is 43.4 Å². The molecule has 0 saturated carbocycles. The van der Waals surface area contributed by atoms with Crippen LogP contribution in [0.4, 0.5) is 10.9 Å². The molecule has 0 saturated heterocycles. The van der Waals surface area contributed by atoms with Crippen molar-refractivity contribution in [3.63, 3.8) is 0 Å². The van der Waals surface area contributed by atoms with Gasteiger partial charge < -0.3 is 10.6 Å². The number of thiophene rings is 1. The standard InChI is InChI=1S/C16H20N6OS3/c1-11(2)22-13(6-8-18-22)19-14(23)10-25-16-21-20-15(26-16)17-7-5-12-4-3-9-24-12/h3-4,6,8-9,11H,5,7,10H2,1-2H3,(H,17,20)(H,19,23). The molecular weight excluding hydrogens is 388 g/mol. The van der Waals surface area contributed by atoms with Crippen molar-refractivity contribution in [2.75, 3.05) is 22.9 Å². The van der Waals surface area contributed by atoms with Gasteiger partial charge in [0.15, 0.2) is 4.34 Å². The average Bonchev–Trinajstić information content (AvgIpc) is 3.35. The fourth-order valence-electron chi connectivity index (χ4n) is 2.22. The van der Waals surface area contributed by atoms with Gasteiger partial charge in [-0.2, -0.15) is 5.10 Å². The number of thioether (sulfide) groups is 1. The van der Waals surface area contributed by atoms with Gasteiger partial charge in [0.05, 0.1) is 11.9 Å². The Kier molecular flexibility index (Phi) is 6.64. The van der Waals surface area contributed by atoms with Gasteiger partial charge in [0.2, 0.25) is 11.0 Å². The number of carbonyl (C=O) groups excluding carboxylic acids is 1. The fraction of sp³-hybridized carbons (Fsp3) is 0.375. The second-order valence-electron chi connectivity index (χ2n) is 5.72. The van der Waals surface area contributed by atoms with Crippen molar-refractivity contribution in [3.8, 4) is 0 Å². The minimum atomic E-state index is -0.0835. The molecule has 3 aromatic rings. The van der Waals surface area contributed by atoms with Crippen LogP contribution in [-0.2, 0) is 11.2 Å². The Hall–Kier alpha value is -1.91. The SMILES string of the molecule is CC(C)n1nccc1NC(=O)CSc1nnc(NCCc2cccs2)s1. The summed E-state index contributed by atoms with van der Waals surface area (Å²) in [7, 11) is 0. The van der Waals surface area contributed by atoms with Crippen molar-refractivity contribution >= 4 is 51.3 Å². The van der Waals surface area contributed by atoms with Gasteiger partial charge in [-0.25, -0.2) is 4.68 Å². The molecule has 0 fully saturated rings. The largest absolute Gasteiger partial charge is 0.360 e. The summed E-state index contributed by atoms with van der Waals surface area (Å²) >= 11 is 4.60. The smallest absolute Gasteiger partial charge is 0.235 e. The zero-order valence-corrected chi connectivity index (χ0v) is 17.0. The van der Waals surface area contributed by atoms with Crippen LogP contribution in [0.15, 0.2) is 34.1 Å². The molecular formula is C16H20N6OS3. The summed E-state index contributed by atoms with van der Waals surface area (Å²) in [6.45, 7) is 4.86. The van der Waals surface area contributed by atoms with Gasteiger partial charge in [0.25, 0.3) is 0 Å². The number of hydrogen-bond donors (Lipinski definition) is 2. The van der Waals surface area contributed by atoms with Crippen LogP contribution in [-0.4, -0.2) is 38.2 Å². The average molecular weight is 409 g/mol. The molecule has 10 heteroatoms. The predicted octanol–water partition coefficient (Wildman–Crippen LogP) is 3.76. The number of carbonyl (C=O) groups is 1. The van der Waals surface area contributed by atoms with Crippen molar-refractivity contribution in [1.29, 1.82) is 0 Å². The van der Waals surface area contributed by atoms with Crippen LogP contribution in [0.1, 0.15) is 24.8 Å². The molecule has 0 aliphatic rings. The lowest BCUT2D eigenvalue weighted by molar-refractivity contribution is -0.113. The van der Waals surface area contributed by atoms with Gasteiger partial charge in [-0.15, -0.1) is 21.5 Å². The number of anilines is 2. The molecule has 0 bridgehead atoms. The molecule has 0 radical (unpaired) electrons. The highest BCUT2D eigenvalue weighted by atomic mass is 32.2. The summed E-state index contributed by atoms with van der Waals surface area (Å²) in [5, 5.41) is 21.5. The predicted molar refractivity (Wildman–Crippen MR) is 108 cm³/mol. The highest BCUT2D eigenvalue weighted by Crippen LogP contribution is 2.25. The Morgan fingerprint density at radius 1 is 1.35 bits per heavy atom. The highest BCUT2D eigenvalue weighted by Gasteiger charge is 2.11. The zero-order valence-electron chi connectivity index (χ0n) is 14.5. The van der Waals surface area contributed by atoms with E-state index in [1.165, 1.54) is 28.0 Å². The summed E-state index contributed by atoms with van der Waals surface area (Å²) in [6, 6.07) is 6.17. The maximum absolute atomic E-state index is 12.1. The van der Waals surface area contributed by atoms with Crippen LogP contribution in [0.3, 0.4) is 0 Å². The topological polar surface area (TPSA) is 84.7 Å². The van der Waals surface area contributed by atoms with Crippen molar-refractivity contribution in [3.05, 3.63) is 34.7 Å². The quantitative estimate of drug-likeness (QED) is 0.525. The van der Waals surface area contributed by atoms with E-state index < -0.39 is 0 Å². The van der Waals surface area contributed by atoms with Crippen LogP contribution in [0.25, 0.3) is 0 Å². The first-order chi connectivity index (χ1) is 12.6. The summed E-state index contributed by atoms with van der Waals surface area (Å²) in [6.07, 6.45) is 2.65. The van der Waals surface area contributed by atoms with E-state index in [0.717, 1.165) is 22.4 Å². The Morgan fingerprint density at radius 3 is 3.00 bits per heavy atom. The minimum Gasteiger partial charge on any atom is -0.360 e. The first kappa shape index (κ1) is 18.9. The third-order valence-electron chi connectivity index (χ3n) is 3.39. The Morgan fingerprint density at radius 2 is 2.23 bits per heavy atom. The lowest BCUT2D eigenvalue weighted by Gasteiger charge is -2.11. The van der Waals surface area contributed by atoms with Crippen LogP contribution in [0, 0.1) is 0 Å². The molecule has 0 atom stereocenters. The lowest BCUT2D eigenvalue weighted by Crippen LogP contribution is -2.18. The molecule has 7 nitrogen and oxygen atoms in total. The zero-order chi connectivity index (χ0) is 18.4. The van der Waals surface area contributed by atoms with Gasteiger partial charge in [0, 0.05) is 23.5 Å². The molecule has 0 unspecified atom stereocenters. The Bertz CT molecular complexity index is 827. The fourth-order valence-corrected chi connectivity index (χ4v) is 4.50. The summed E-state index contributed by atoms with van der Waals surface area (Å²) < 4.78 is 2.56. The second-order valence-corrected chi connectivity index (χ2v) is 8.95. The van der Waals surface area contributed by atoms with E-state index in [-0.39, 0.29) is 17.7 Å². The highest BCUT2D eigenvalue weighted by molar-refractivity contribution is 8.01. The number of nitrogens with zero attached hydrogens (tertiary/aromatic N) is 4. The molecule has 0 aliphatic carbocycles. The number of amides is 1. The third kappa shape index (κ3) is 5.29. The molecule has 3 heterocycles. The van der Waals surface area contributed by atoms with Gasteiger partial charge in [0.1, 0.15) is 5.82 Å². The maximum Gasteiger partial charge on any atom is 0.235 e. The summed E-state index contributed by atoms with van der Waals surface area (Å²) in [4.78, 5) is 13.5. The first-order valence-electron chi connectivity index (χ1n) is 8.17. The van der Waals surface area contributed by atoms with Crippen molar-refractivity contribution < 1.29 is 4.79 Å². The van der Waals surface area contributed by atoms with Crippen LogP contribution in [0.5, 0.6) is 0 Å². The molecule has 1 amide bonds. The van der Waals surface area contributed by atoms with E-state index in [4.69, 9.17) is 0 Å². The first-order valence-corrected chi connectivity index (χ1v) is 10.9. The Balaban J connectivity index is 1.42. The normalized spacial score (nSPS) is 11.0. The lowest BCUT2D eigenvalue weighted by atomic mass is 10.3. The monoisotopic (exact) mass is 408 g/mol. The van der Waals surface area contributed by atoms with Crippen LogP contribution < -0.4 is 10.6 Å². The van der Waals surface area contributed by atoms with Crippen molar-refractivity contribution in [2.45, 2.75) is 30.6 Å². The van der Waals surface area contributed by atoms with E-state index in [9.17, 15) is 4.79 Å². The van der Waals surface area contributed by atoms with Gasteiger partial charge in [-0.1, -0.05) is 29.2 Å². The van der Waals surface area contributed by atoms with Crippen molar-refractivity contribution in [2.24, 2.45) is 0 Å². The number of rotatable bonds is 9. The molecule has 0 aromatic carbocycles. The molecule has 26 heavy (non-hydrogen) atoms. The molecule has 3 aromatic heterocycles. The summed E-state index contributed by atoms with van der Waals surface area (Å²) in [5.41, 5.74) is 0. The molecule has 0 aliphatic heterocycles. The van der Waals surface area contributed by atoms with E-state index in [1.807, 2.05) is 13.8 Å². The number of aromatic nitrogens is 4. The van der Waals surface area contributed by atoms with E-state index >= 15 is 0 Å². The van der Waals surface area contributed by atoms with Crippen LogP contribution >= 0.6 is 34.4 Å². The van der Waals surface area contributed by atoms with Gasteiger partial charge >= 0.3 is 0 Å². The van der Waals surface area contributed by atoms with Gasteiger partial charge in [-0.05, 0) is 31.7 Å². The maximum atomic E-state index is 12.1. The number of nitrogens with one attached hydrogen (secondary N) is 2. The molecule has 0 spiro atoms. The minimum absolute atomic E-state index is 0.0835. The third-order valence-corrected chi connectivity index (χ3v) is 6.34. The Labute approximate surface area is 164 Å². The molecule has 138 valence electrons. The number of hydrogen-bond acceptors (Lipinski definition) is 8. The van der Waals surface area contributed by atoms with Gasteiger partial charge in [-0.3, -0.25) is 4.79 Å².